The van der Waals surface area contributed by atoms with Crippen molar-refractivity contribution >= 4 is 23.8 Å². The highest BCUT2D eigenvalue weighted by molar-refractivity contribution is 6.11. The number of rotatable bonds is 8. The zero-order chi connectivity index (χ0) is 25.0. The Balaban J connectivity index is 1.42. The number of carbonyl (C=O) groups is 1. The summed E-state index contributed by atoms with van der Waals surface area (Å²) in [5.41, 5.74) is 5.13. The summed E-state index contributed by atoms with van der Waals surface area (Å²) in [6.45, 7) is 9.32. The third-order valence-electron chi connectivity index (χ3n) is 5.75. The zero-order valence-electron chi connectivity index (χ0n) is 20.6. The van der Waals surface area contributed by atoms with Gasteiger partial charge in [0.2, 0.25) is 0 Å². The fourth-order valence-corrected chi connectivity index (χ4v) is 3.83. The number of benzene rings is 1. The van der Waals surface area contributed by atoms with Crippen LogP contribution in [0.15, 0.2) is 48.4 Å². The Hall–Kier alpha value is -4.01. The molecule has 0 unspecified atom stereocenters. The van der Waals surface area contributed by atoms with E-state index in [1.807, 2.05) is 56.6 Å². The van der Waals surface area contributed by atoms with Crippen molar-refractivity contribution < 1.29 is 4.79 Å². The lowest BCUT2D eigenvalue weighted by Crippen LogP contribution is -2.33. The number of hydrogen-bond acceptors (Lipinski definition) is 7. The predicted molar refractivity (Wildman–Crippen MR) is 138 cm³/mol. The van der Waals surface area contributed by atoms with Crippen molar-refractivity contribution in [3.63, 3.8) is 0 Å². The molecule has 0 radical (unpaired) electrons. The second-order valence-corrected chi connectivity index (χ2v) is 9.72. The molecule has 4 N–H and O–H groups in total. The largest absolute Gasteiger partial charge is 0.386 e. The quantitative estimate of drug-likeness (QED) is 0.292. The minimum Gasteiger partial charge on any atom is -0.386 e. The van der Waals surface area contributed by atoms with Gasteiger partial charge in [0.25, 0.3) is 5.91 Å². The summed E-state index contributed by atoms with van der Waals surface area (Å²) in [4.78, 5) is 21.3. The Morgan fingerprint density at radius 1 is 1.17 bits per heavy atom. The smallest absolute Gasteiger partial charge is 0.254 e. The van der Waals surface area contributed by atoms with Crippen LogP contribution in [0, 0.1) is 12.3 Å². The fraction of sp³-hybridized carbons (Fsp3) is 0.346. The molecule has 9 heteroatoms. The number of fused-ring (bicyclic) bond motifs is 1. The van der Waals surface area contributed by atoms with Crippen LogP contribution in [0.3, 0.4) is 0 Å². The first-order valence-electron chi connectivity index (χ1n) is 11.7. The molecule has 35 heavy (non-hydrogen) atoms. The molecule has 1 amide bonds. The lowest BCUT2D eigenvalue weighted by Gasteiger charge is -2.19. The summed E-state index contributed by atoms with van der Waals surface area (Å²) in [7, 11) is 0. The molecular formula is C26H32N8O. The first kappa shape index (κ1) is 24.1. The highest BCUT2D eigenvalue weighted by Crippen LogP contribution is 2.24. The van der Waals surface area contributed by atoms with Crippen LogP contribution in [0.25, 0.3) is 11.3 Å². The SMILES string of the molecule is Cc1cc(-c2cc(Nc3cc4n(n3)CCC4)ncn2)ccc1CNC(=O)/C(C=N)=C/NC(C)(C)C. The van der Waals surface area contributed by atoms with Crippen LogP contribution in [-0.4, -0.2) is 37.4 Å². The van der Waals surface area contributed by atoms with Gasteiger partial charge in [-0.2, -0.15) is 5.10 Å². The average molecular weight is 473 g/mol. The molecule has 0 spiro atoms. The summed E-state index contributed by atoms with van der Waals surface area (Å²) in [6, 6.07) is 10.00. The normalized spacial score (nSPS) is 13.3. The lowest BCUT2D eigenvalue weighted by molar-refractivity contribution is -0.117. The second kappa shape index (κ2) is 10.1. The van der Waals surface area contributed by atoms with Gasteiger partial charge < -0.3 is 21.4 Å². The number of carbonyl (C=O) groups excluding carboxylic acids is 1. The van der Waals surface area contributed by atoms with E-state index < -0.39 is 0 Å². The Labute approximate surface area is 205 Å². The molecule has 9 nitrogen and oxygen atoms in total. The number of hydrogen-bond donors (Lipinski definition) is 4. The Bertz CT molecular complexity index is 1250. The summed E-state index contributed by atoms with van der Waals surface area (Å²) in [5.74, 6) is 1.19. The molecule has 0 fully saturated rings. The summed E-state index contributed by atoms with van der Waals surface area (Å²) in [6.07, 6.45) is 6.39. The number of anilines is 2. The van der Waals surface area contributed by atoms with Gasteiger partial charge in [0, 0.05) is 54.4 Å². The molecule has 0 saturated carbocycles. The molecule has 0 bridgehead atoms. The third-order valence-corrected chi connectivity index (χ3v) is 5.75. The molecule has 0 saturated heterocycles. The van der Waals surface area contributed by atoms with Crippen molar-refractivity contribution in [1.29, 1.82) is 5.41 Å². The van der Waals surface area contributed by atoms with E-state index in [9.17, 15) is 4.79 Å². The monoisotopic (exact) mass is 472 g/mol. The number of nitrogens with zero attached hydrogens (tertiary/aromatic N) is 4. The van der Waals surface area contributed by atoms with Crippen molar-refractivity contribution in [2.24, 2.45) is 0 Å². The van der Waals surface area contributed by atoms with Gasteiger partial charge in [-0.1, -0.05) is 12.1 Å². The minimum atomic E-state index is -0.294. The molecule has 4 rings (SSSR count). The molecule has 3 heterocycles. The van der Waals surface area contributed by atoms with E-state index in [2.05, 4.69) is 37.1 Å². The standard InChI is InChI=1S/C26H32N8O/c1-17-10-18(7-8-19(17)14-28-25(35)20(13-27)15-31-26(2,3)4)22-12-23(30-16-29-22)32-24-11-21-6-5-9-34(21)33-24/h7-8,10-13,15-16,27,31H,5-6,9,14H2,1-4H3,(H,28,35)(H,29,30,32,33)/b20-15+,27-13?. The van der Waals surface area contributed by atoms with Crippen LogP contribution in [-0.2, 0) is 24.3 Å². The van der Waals surface area contributed by atoms with Crippen molar-refractivity contribution in [2.45, 2.75) is 59.2 Å². The molecule has 2 aromatic heterocycles. The van der Waals surface area contributed by atoms with E-state index >= 15 is 0 Å². The first-order chi connectivity index (χ1) is 16.7. The predicted octanol–water partition coefficient (Wildman–Crippen LogP) is 3.88. The van der Waals surface area contributed by atoms with Gasteiger partial charge in [-0.05, 0) is 57.7 Å². The van der Waals surface area contributed by atoms with Crippen LogP contribution in [0.5, 0.6) is 0 Å². The molecule has 182 valence electrons. The van der Waals surface area contributed by atoms with E-state index in [0.717, 1.165) is 53.8 Å². The summed E-state index contributed by atoms with van der Waals surface area (Å²) in [5, 5.41) is 21.4. The second-order valence-electron chi connectivity index (χ2n) is 9.72. The molecule has 1 aliphatic rings. The first-order valence-corrected chi connectivity index (χ1v) is 11.7. The van der Waals surface area contributed by atoms with Crippen molar-refractivity contribution in [3.8, 4) is 11.3 Å². The lowest BCUT2D eigenvalue weighted by atomic mass is 10.0. The molecule has 3 aromatic rings. The van der Waals surface area contributed by atoms with Gasteiger partial charge >= 0.3 is 0 Å². The topological polar surface area (TPSA) is 121 Å². The fourth-order valence-electron chi connectivity index (χ4n) is 3.83. The Morgan fingerprint density at radius 3 is 2.71 bits per heavy atom. The van der Waals surface area contributed by atoms with Crippen LogP contribution in [0.4, 0.5) is 11.6 Å². The van der Waals surface area contributed by atoms with E-state index in [0.29, 0.717) is 12.4 Å². The maximum absolute atomic E-state index is 12.5. The molecule has 1 aromatic carbocycles. The van der Waals surface area contributed by atoms with E-state index in [4.69, 9.17) is 5.41 Å². The van der Waals surface area contributed by atoms with Crippen LogP contribution >= 0.6 is 0 Å². The van der Waals surface area contributed by atoms with Gasteiger partial charge in [-0.15, -0.1) is 0 Å². The maximum atomic E-state index is 12.5. The number of aromatic nitrogens is 4. The van der Waals surface area contributed by atoms with Gasteiger partial charge in [-0.3, -0.25) is 9.48 Å². The van der Waals surface area contributed by atoms with Crippen LogP contribution < -0.4 is 16.0 Å². The van der Waals surface area contributed by atoms with Crippen molar-refractivity contribution in [1.82, 2.24) is 30.4 Å². The van der Waals surface area contributed by atoms with Gasteiger partial charge in [-0.25, -0.2) is 9.97 Å². The van der Waals surface area contributed by atoms with Crippen LogP contribution in [0.2, 0.25) is 0 Å². The number of nitrogens with one attached hydrogen (secondary N) is 4. The third kappa shape index (κ3) is 6.11. The molecule has 1 aliphatic heterocycles. The average Bonchev–Trinajstić information content (AvgIpc) is 3.40. The number of aryl methyl sites for hydroxylation is 3. The van der Waals surface area contributed by atoms with Crippen molar-refractivity contribution in [3.05, 3.63) is 65.3 Å². The van der Waals surface area contributed by atoms with Crippen molar-refractivity contribution in [2.75, 3.05) is 5.32 Å². The minimum absolute atomic E-state index is 0.184. The summed E-state index contributed by atoms with van der Waals surface area (Å²) >= 11 is 0. The molecule has 0 aliphatic carbocycles. The highest BCUT2D eigenvalue weighted by atomic mass is 16.1. The van der Waals surface area contributed by atoms with Gasteiger partial charge in [0.1, 0.15) is 12.1 Å². The summed E-state index contributed by atoms with van der Waals surface area (Å²) < 4.78 is 2.03. The Kier molecular flexibility index (Phi) is 6.95. The van der Waals surface area contributed by atoms with Crippen LogP contribution in [0.1, 0.15) is 44.0 Å². The zero-order valence-corrected chi connectivity index (χ0v) is 20.6. The maximum Gasteiger partial charge on any atom is 0.254 e. The Morgan fingerprint density at radius 2 is 2.00 bits per heavy atom. The number of amides is 1. The van der Waals surface area contributed by atoms with E-state index in [1.54, 1.807) is 12.5 Å². The van der Waals surface area contributed by atoms with E-state index in [1.165, 1.54) is 5.69 Å². The molecular weight excluding hydrogens is 440 g/mol. The van der Waals surface area contributed by atoms with Gasteiger partial charge in [0.05, 0.1) is 11.3 Å². The van der Waals surface area contributed by atoms with E-state index in [-0.39, 0.29) is 17.0 Å². The highest BCUT2D eigenvalue weighted by Gasteiger charge is 2.15. The van der Waals surface area contributed by atoms with Gasteiger partial charge in [0.15, 0.2) is 5.82 Å². The molecule has 0 atom stereocenters.